The van der Waals surface area contributed by atoms with E-state index in [1.54, 1.807) is 18.5 Å². The van der Waals surface area contributed by atoms with Gasteiger partial charge in [-0.3, -0.25) is 28.8 Å². The first kappa shape index (κ1) is 60.9. The molecule has 1 aliphatic rings. The van der Waals surface area contributed by atoms with Crippen molar-refractivity contribution in [2.24, 2.45) is 0 Å². The van der Waals surface area contributed by atoms with E-state index in [0.29, 0.717) is 17.5 Å². The number of carboxylic acid groups (broad SMARTS) is 1. The minimum absolute atomic E-state index is 0.0593. The van der Waals surface area contributed by atoms with E-state index in [1.807, 2.05) is 84.8 Å². The van der Waals surface area contributed by atoms with E-state index in [9.17, 15) is 53.1 Å². The number of aromatic amines is 2. The number of nitrogens with one attached hydrogen (secondary N) is 10. The first-order valence-corrected chi connectivity index (χ1v) is 30.4. The summed E-state index contributed by atoms with van der Waals surface area (Å²) >= 11 is 0.339. The molecular formula is C55H69IN11O11S-. The molecule has 22 nitrogen and oxygen atoms in total. The Balaban J connectivity index is 1.12. The van der Waals surface area contributed by atoms with Crippen LogP contribution < -0.4 is 62.2 Å². The molecule has 79 heavy (non-hydrogen) atoms. The summed E-state index contributed by atoms with van der Waals surface area (Å²) in [5, 5.41) is 29.6. The molecule has 0 radical (unpaired) electrons. The monoisotopic (exact) mass is 1220 g/mol. The van der Waals surface area contributed by atoms with Crippen LogP contribution in [0.1, 0.15) is 68.1 Å². The predicted octanol–water partition coefficient (Wildman–Crippen LogP) is -1.51. The van der Waals surface area contributed by atoms with Crippen molar-refractivity contribution < 1.29 is 74.5 Å². The summed E-state index contributed by atoms with van der Waals surface area (Å²) in [6.45, 7) is -0.470. The number of hydrogen-bond donors (Lipinski definition) is 11. The number of alkyl halides is 1. The van der Waals surface area contributed by atoms with E-state index >= 15 is 0 Å². The second-order valence-electron chi connectivity index (χ2n) is 19.0. The standard InChI is InChI=1S/C55H69IN11O11S/c1-56-66-47(69)22-24-67-50(72)28-45(54(67)76)79-33-44(55(77)78)64-49(71)32-61-52(74)42(26-35-29-58-39-19-12-10-17-37(35)39)65-53(75)43(27-36-30-59-40-20-13-11-18-38(36)40)63-48(70)31-60-51(73)41(25-34-15-7-6-8-16-34)62-46(68)21-9-4-3-5-14-23-57-2/h6-8,10-13,15-20,29-30,41-45,57-59H,3-5,9,14,21-28,31-33H2,1-2H3,(H,60,73)(H,61,74)(H,62,68)(H,63,70)(H,64,71)(H,65,75)(H,66,69)(H,77,78)/q-1. The molecule has 5 unspecified atom stereocenters. The van der Waals surface area contributed by atoms with Crippen LogP contribution in [0.25, 0.3) is 21.8 Å². The van der Waals surface area contributed by atoms with Crippen LogP contribution in [0.2, 0.25) is 0 Å². The van der Waals surface area contributed by atoms with E-state index in [0.717, 1.165) is 76.3 Å². The fourth-order valence-corrected chi connectivity index (χ4v) is 11.1. The Hall–Kier alpha value is -7.32. The molecule has 5 atom stereocenters. The Bertz CT molecular complexity index is 2940. The van der Waals surface area contributed by atoms with Crippen molar-refractivity contribution in [1.82, 2.24) is 55.6 Å². The molecule has 0 aliphatic carbocycles. The summed E-state index contributed by atoms with van der Waals surface area (Å²) in [5.74, 6) is -7.22. The van der Waals surface area contributed by atoms with Gasteiger partial charge < -0.3 is 41.9 Å². The molecule has 0 bridgehead atoms. The second-order valence-corrected chi connectivity index (χ2v) is 21.9. The Kier molecular flexibility index (Phi) is 24.1. The van der Waals surface area contributed by atoms with Gasteiger partial charge in [0.15, 0.2) is 0 Å². The van der Waals surface area contributed by atoms with Crippen molar-refractivity contribution in [3.8, 4) is 0 Å². The van der Waals surface area contributed by atoms with Gasteiger partial charge in [-0.1, -0.05) is 86.0 Å². The van der Waals surface area contributed by atoms with Crippen LogP contribution in [-0.4, -0.2) is 152 Å². The summed E-state index contributed by atoms with van der Waals surface area (Å²) in [4.78, 5) is 142. The van der Waals surface area contributed by atoms with Gasteiger partial charge in [-0.25, -0.2) is 0 Å². The van der Waals surface area contributed by atoms with Crippen LogP contribution in [0.3, 0.4) is 0 Å². The molecule has 1 aliphatic heterocycles. The van der Waals surface area contributed by atoms with Crippen molar-refractivity contribution in [3.05, 3.63) is 108 Å². The zero-order valence-electron chi connectivity index (χ0n) is 44.1. The number of rotatable bonds is 33. The van der Waals surface area contributed by atoms with Gasteiger partial charge in [0.25, 0.3) is 0 Å². The third kappa shape index (κ3) is 18.9. The topological polar surface area (TPSA) is 322 Å². The number of H-pyrrole nitrogens is 2. The van der Waals surface area contributed by atoms with Crippen molar-refractivity contribution in [1.29, 1.82) is 0 Å². The Morgan fingerprint density at radius 3 is 1.76 bits per heavy atom. The molecule has 11 N–H and O–H groups in total. The van der Waals surface area contributed by atoms with Crippen molar-refractivity contribution in [2.75, 3.05) is 43.9 Å². The first-order valence-electron chi connectivity index (χ1n) is 26.1. The van der Waals surface area contributed by atoms with E-state index in [2.05, 4.69) is 50.7 Å². The summed E-state index contributed by atoms with van der Waals surface area (Å²) in [6, 6.07) is 18.5. The van der Waals surface area contributed by atoms with Gasteiger partial charge in [0, 0.05) is 59.9 Å². The average molecular weight is 1220 g/mol. The molecule has 3 aromatic carbocycles. The van der Waals surface area contributed by atoms with Crippen LogP contribution in [-0.2, 0) is 67.2 Å². The number of benzene rings is 3. The molecule has 24 heteroatoms. The third-order valence-electron chi connectivity index (χ3n) is 13.2. The zero-order valence-corrected chi connectivity index (χ0v) is 47.1. The SMILES string of the molecule is CNCCCCCCCC(=O)NC(Cc1ccccc1)C(=O)NCC(=O)NC(Cc1c[nH]c2ccccc12)C(=O)NC(Cc1c[nH]c2ccccc12)C(=O)NCC(=O)NC(CSC1CC(=O)N(CCC(=O)N[I-]C)C1=O)C(=O)O. The average Bonchev–Trinajstić information content (AvgIpc) is 4.16. The zero-order chi connectivity index (χ0) is 56.7. The second kappa shape index (κ2) is 31.3. The maximum atomic E-state index is 14.6. The first-order chi connectivity index (χ1) is 38.1. The molecule has 0 saturated carbocycles. The number of nitrogens with zero attached hydrogens (tertiary/aromatic N) is 1. The van der Waals surface area contributed by atoms with Crippen LogP contribution in [0.15, 0.2) is 91.3 Å². The number of amides is 9. The quantitative estimate of drug-likeness (QED) is 0.00750. The molecule has 9 amide bonds. The van der Waals surface area contributed by atoms with Gasteiger partial charge in [0.1, 0.15) is 18.1 Å². The van der Waals surface area contributed by atoms with Crippen molar-refractivity contribution >= 4 is 92.7 Å². The number of aliphatic carboxylic acids is 1. The Morgan fingerprint density at radius 2 is 1.16 bits per heavy atom. The number of carboxylic acids is 1. The van der Waals surface area contributed by atoms with Gasteiger partial charge in [-0.2, -0.15) is 0 Å². The van der Waals surface area contributed by atoms with Gasteiger partial charge in [0.05, 0.1) is 13.1 Å². The van der Waals surface area contributed by atoms with Gasteiger partial charge in [-0.15, -0.1) is 0 Å². The van der Waals surface area contributed by atoms with E-state index in [4.69, 9.17) is 0 Å². The number of imide groups is 1. The van der Waals surface area contributed by atoms with E-state index < -0.39 is 111 Å². The van der Waals surface area contributed by atoms with Crippen LogP contribution in [0.4, 0.5) is 0 Å². The normalized spacial score (nSPS) is 14.8. The number of halogens is 1. The third-order valence-corrected chi connectivity index (χ3v) is 15.6. The predicted molar refractivity (Wildman–Crippen MR) is 293 cm³/mol. The summed E-state index contributed by atoms with van der Waals surface area (Å²) < 4.78 is 2.71. The number of thioether (sulfide) groups is 1. The molecule has 0 spiro atoms. The molecule has 6 rings (SSSR count). The maximum absolute atomic E-state index is 14.6. The van der Waals surface area contributed by atoms with Gasteiger partial charge in [-0.05, 0) is 55.3 Å². The number of hydrogen-bond acceptors (Lipinski definition) is 12. The summed E-state index contributed by atoms with van der Waals surface area (Å²) in [7, 11) is 1.91. The molecule has 5 aromatic rings. The van der Waals surface area contributed by atoms with Crippen LogP contribution in [0.5, 0.6) is 0 Å². The van der Waals surface area contributed by atoms with Gasteiger partial charge in [0.2, 0.25) is 29.5 Å². The fraction of sp³-hybridized carbons (Fsp3) is 0.418. The summed E-state index contributed by atoms with van der Waals surface area (Å²) in [6.07, 6.45) is 7.93. The number of carbonyl (C=O) groups is 10. The Labute approximate surface area is 472 Å². The number of likely N-dealkylation sites (tertiary alicyclic amines) is 1. The molecule has 1 saturated heterocycles. The number of unbranched alkanes of at least 4 members (excludes halogenated alkanes) is 4. The number of para-hydroxylation sites is 2. The minimum atomic E-state index is -1.53. The summed E-state index contributed by atoms with van der Waals surface area (Å²) in [5.41, 5.74) is 3.59. The van der Waals surface area contributed by atoms with Crippen molar-refractivity contribution in [3.63, 3.8) is 0 Å². The van der Waals surface area contributed by atoms with Crippen LogP contribution in [0, 0.1) is 0 Å². The van der Waals surface area contributed by atoms with E-state index in [-0.39, 0.29) is 62.6 Å². The number of aromatic nitrogens is 2. The number of carbonyl (C=O) groups excluding carboxylic acids is 9. The van der Waals surface area contributed by atoms with Crippen LogP contribution >= 0.6 is 11.8 Å². The molecular weight excluding hydrogens is 1150 g/mol. The Morgan fingerprint density at radius 1 is 0.633 bits per heavy atom. The molecule has 1 fully saturated rings. The van der Waals surface area contributed by atoms with Gasteiger partial charge >= 0.3 is 142 Å². The fourth-order valence-electron chi connectivity index (χ4n) is 9.02. The number of fused-ring (bicyclic) bond motifs is 2. The molecule has 2 aromatic heterocycles. The molecule has 3 heterocycles. The van der Waals surface area contributed by atoms with E-state index in [1.165, 1.54) is 0 Å². The molecule has 424 valence electrons. The van der Waals surface area contributed by atoms with Crippen molar-refractivity contribution in [2.45, 2.75) is 100 Å².